The summed E-state index contributed by atoms with van der Waals surface area (Å²) in [4.78, 5) is 38.0. The topological polar surface area (TPSA) is 118 Å². The highest BCUT2D eigenvalue weighted by Crippen LogP contribution is 2.21. The highest BCUT2D eigenvalue weighted by Gasteiger charge is 2.35. The van der Waals surface area contributed by atoms with Crippen LogP contribution in [0.25, 0.3) is 0 Å². The lowest BCUT2D eigenvalue weighted by Gasteiger charge is -2.23. The maximum absolute atomic E-state index is 12.8. The number of nitrogens with zero attached hydrogens (tertiary/aromatic N) is 3. The number of carbonyl (C=O) groups excluding carboxylic acids is 2. The van der Waals surface area contributed by atoms with E-state index >= 15 is 0 Å². The van der Waals surface area contributed by atoms with E-state index in [4.69, 9.17) is 4.74 Å². The van der Waals surface area contributed by atoms with Crippen molar-refractivity contribution in [2.75, 3.05) is 11.9 Å². The van der Waals surface area contributed by atoms with Gasteiger partial charge in [-0.25, -0.2) is 0 Å². The van der Waals surface area contributed by atoms with Crippen molar-refractivity contribution in [2.45, 2.75) is 46.0 Å². The lowest BCUT2D eigenvalue weighted by molar-refractivity contribution is -0.154. The van der Waals surface area contributed by atoms with Crippen LogP contribution >= 0.6 is 0 Å². The van der Waals surface area contributed by atoms with Gasteiger partial charge in [0.25, 0.3) is 0 Å². The second kappa shape index (κ2) is 11.0. The molecule has 2 aliphatic rings. The molecule has 3 aromatic rings. The van der Waals surface area contributed by atoms with E-state index in [1.807, 2.05) is 24.3 Å². The summed E-state index contributed by atoms with van der Waals surface area (Å²) < 4.78 is 42.9. The van der Waals surface area contributed by atoms with Gasteiger partial charge < -0.3 is 20.7 Å². The molecule has 0 unspecified atom stereocenters. The van der Waals surface area contributed by atoms with Crippen molar-refractivity contribution < 1.29 is 27.5 Å². The number of benzene rings is 2. The molecule has 1 aromatic heterocycles. The molecule has 0 aliphatic carbocycles. The molecule has 0 radical (unpaired) electrons. The molecular formula is C26H27F3N6O3. The lowest BCUT2D eigenvalue weighted by Crippen LogP contribution is -2.47. The van der Waals surface area contributed by atoms with E-state index in [0.29, 0.717) is 18.5 Å². The minimum Gasteiger partial charge on any atom is -0.454 e. The van der Waals surface area contributed by atoms with Crippen molar-refractivity contribution in [3.8, 4) is 6.01 Å². The van der Waals surface area contributed by atoms with Gasteiger partial charge in [0.15, 0.2) is 6.61 Å². The van der Waals surface area contributed by atoms with Gasteiger partial charge in [0.1, 0.15) is 11.2 Å². The molecule has 3 N–H and O–H groups in total. The van der Waals surface area contributed by atoms with Gasteiger partial charge in [-0.2, -0.15) is 28.1 Å². The Kier molecular flexibility index (Phi) is 7.79. The molecular weight excluding hydrogens is 501 g/mol. The Morgan fingerprint density at radius 1 is 0.868 bits per heavy atom. The smallest absolute Gasteiger partial charge is 0.422 e. The molecule has 0 spiro atoms. The predicted molar refractivity (Wildman–Crippen MR) is 132 cm³/mol. The van der Waals surface area contributed by atoms with Gasteiger partial charge in [0.2, 0.25) is 17.8 Å². The molecule has 3 heterocycles. The predicted octanol–water partition coefficient (Wildman–Crippen LogP) is 3.61. The number of halogens is 3. The fourth-order valence-electron chi connectivity index (χ4n) is 3.67. The van der Waals surface area contributed by atoms with Gasteiger partial charge in [0.05, 0.1) is 0 Å². The summed E-state index contributed by atoms with van der Waals surface area (Å²) in [5.74, 6) is -0.516. The SMILES string of the molecule is CC1(C)C(=O)NCc2ccc(cc2)Nc2nc(nc(OCC(F)(F)F)n2)CCc2cccc(c2)CNC1=O. The van der Waals surface area contributed by atoms with Crippen LogP contribution < -0.4 is 20.7 Å². The zero-order chi connectivity index (χ0) is 27.3. The first-order chi connectivity index (χ1) is 18.0. The largest absolute Gasteiger partial charge is 0.454 e. The highest BCUT2D eigenvalue weighted by atomic mass is 19.4. The molecule has 38 heavy (non-hydrogen) atoms. The van der Waals surface area contributed by atoms with Crippen LogP contribution in [0.2, 0.25) is 0 Å². The third-order valence-electron chi connectivity index (χ3n) is 5.91. The zero-order valence-electron chi connectivity index (χ0n) is 20.9. The number of aryl methyl sites for hydroxylation is 2. The maximum Gasteiger partial charge on any atom is 0.422 e. The van der Waals surface area contributed by atoms with Gasteiger partial charge in [0, 0.05) is 25.2 Å². The molecule has 0 saturated heterocycles. The molecule has 9 nitrogen and oxygen atoms in total. The Morgan fingerprint density at radius 2 is 1.53 bits per heavy atom. The Labute approximate surface area is 217 Å². The molecule has 0 saturated carbocycles. The number of nitrogens with one attached hydrogen (secondary N) is 3. The van der Waals surface area contributed by atoms with Gasteiger partial charge in [-0.15, -0.1) is 0 Å². The normalized spacial score (nSPS) is 16.1. The Morgan fingerprint density at radius 3 is 2.21 bits per heavy atom. The van der Waals surface area contributed by atoms with E-state index in [2.05, 4.69) is 30.9 Å². The number of alkyl halides is 3. The molecule has 0 fully saturated rings. The minimum atomic E-state index is -4.54. The van der Waals surface area contributed by atoms with Crippen LogP contribution in [0.1, 0.15) is 36.4 Å². The van der Waals surface area contributed by atoms with Gasteiger partial charge in [-0.1, -0.05) is 36.4 Å². The molecule has 2 amide bonds. The molecule has 2 aromatic carbocycles. The molecule has 200 valence electrons. The molecule has 12 heteroatoms. The van der Waals surface area contributed by atoms with E-state index in [1.165, 1.54) is 0 Å². The molecule has 2 aliphatic heterocycles. The first-order valence-corrected chi connectivity index (χ1v) is 11.9. The average Bonchev–Trinajstić information content (AvgIpc) is 2.88. The number of hydrogen-bond acceptors (Lipinski definition) is 7. The van der Waals surface area contributed by atoms with Crippen LogP contribution in [0.5, 0.6) is 6.01 Å². The Hall–Kier alpha value is -4.22. The van der Waals surface area contributed by atoms with Gasteiger partial charge in [-0.3, -0.25) is 9.59 Å². The number of hydrogen-bond donors (Lipinski definition) is 3. The van der Waals surface area contributed by atoms with Crippen LogP contribution in [0.15, 0.2) is 48.5 Å². The monoisotopic (exact) mass is 528 g/mol. The van der Waals surface area contributed by atoms with Crippen molar-refractivity contribution in [2.24, 2.45) is 5.41 Å². The summed E-state index contributed by atoms with van der Waals surface area (Å²) in [6.45, 7) is 2.03. The van der Waals surface area contributed by atoms with E-state index < -0.39 is 36.0 Å². The zero-order valence-corrected chi connectivity index (χ0v) is 20.9. The number of ether oxygens (including phenoxy) is 1. The Balaban J connectivity index is 1.64. The number of amides is 2. The fourth-order valence-corrected chi connectivity index (χ4v) is 3.67. The first-order valence-electron chi connectivity index (χ1n) is 11.9. The van der Waals surface area contributed by atoms with Crippen LogP contribution in [-0.4, -0.2) is 39.5 Å². The third-order valence-corrected chi connectivity index (χ3v) is 5.91. The van der Waals surface area contributed by atoms with Crippen LogP contribution in [0.3, 0.4) is 0 Å². The average molecular weight is 529 g/mol. The fraction of sp³-hybridized carbons (Fsp3) is 0.346. The summed E-state index contributed by atoms with van der Waals surface area (Å²) in [6, 6.07) is 14.0. The number of aromatic nitrogens is 3. The van der Waals surface area contributed by atoms with Crippen LogP contribution in [0, 0.1) is 5.41 Å². The number of anilines is 2. The standard InChI is InChI=1S/C26H27F3N6O3/c1-25(2)21(36)30-13-17-6-9-19(10-7-17)32-23-33-20(34-24(35-23)38-15-26(27,28)29)11-8-16-4-3-5-18(12-16)14-31-22(25)37/h3-7,9-10,12H,8,11,13-15H2,1-2H3,(H,30,36)(H,31,37)(H,32,33,34,35). The maximum atomic E-state index is 12.8. The quantitative estimate of drug-likeness (QED) is 0.435. The number of fused-ring (bicyclic) bond motifs is 9. The third kappa shape index (κ3) is 7.17. The summed E-state index contributed by atoms with van der Waals surface area (Å²) >= 11 is 0. The van der Waals surface area contributed by atoms with Crippen molar-refractivity contribution >= 4 is 23.5 Å². The van der Waals surface area contributed by atoms with Crippen molar-refractivity contribution in [1.29, 1.82) is 0 Å². The summed E-state index contributed by atoms with van der Waals surface area (Å²) in [5, 5.41) is 8.57. The summed E-state index contributed by atoms with van der Waals surface area (Å²) in [6.07, 6.45) is -3.76. The van der Waals surface area contributed by atoms with Crippen LogP contribution in [0.4, 0.5) is 24.8 Å². The minimum absolute atomic E-state index is 0.0424. The molecule has 6 bridgehead atoms. The van der Waals surface area contributed by atoms with Gasteiger partial charge in [-0.05, 0) is 49.1 Å². The first kappa shape index (κ1) is 26.8. The number of rotatable bonds is 2. The highest BCUT2D eigenvalue weighted by molar-refractivity contribution is 6.04. The van der Waals surface area contributed by atoms with Crippen molar-refractivity contribution in [3.63, 3.8) is 0 Å². The summed E-state index contributed by atoms with van der Waals surface area (Å²) in [5.41, 5.74) is 1.80. The van der Waals surface area contributed by atoms with Crippen LogP contribution in [-0.2, 0) is 35.5 Å². The number of carbonyl (C=O) groups is 2. The van der Waals surface area contributed by atoms with E-state index in [9.17, 15) is 22.8 Å². The molecule has 5 rings (SSSR count). The van der Waals surface area contributed by atoms with E-state index in [1.54, 1.807) is 38.1 Å². The second-order valence-corrected chi connectivity index (χ2v) is 9.39. The van der Waals surface area contributed by atoms with Gasteiger partial charge >= 0.3 is 12.2 Å². The molecule has 0 atom stereocenters. The van der Waals surface area contributed by atoms with Crippen molar-refractivity contribution in [1.82, 2.24) is 25.6 Å². The van der Waals surface area contributed by atoms with E-state index in [-0.39, 0.29) is 24.9 Å². The Bertz CT molecular complexity index is 1310. The van der Waals surface area contributed by atoms with Crippen molar-refractivity contribution in [3.05, 3.63) is 71.0 Å². The second-order valence-electron chi connectivity index (χ2n) is 9.39. The lowest BCUT2D eigenvalue weighted by atomic mass is 9.90. The van der Waals surface area contributed by atoms with E-state index in [0.717, 1.165) is 16.7 Å². The summed E-state index contributed by atoms with van der Waals surface area (Å²) in [7, 11) is 0.